The van der Waals surface area contributed by atoms with Gasteiger partial charge >= 0.3 is 23.9 Å². The molecule has 0 saturated heterocycles. The molecule has 1 rings (SSSR count). The van der Waals surface area contributed by atoms with Crippen molar-refractivity contribution >= 4 is 23.9 Å². The third-order valence-corrected chi connectivity index (χ3v) is 3.70. The predicted octanol–water partition coefficient (Wildman–Crippen LogP) is -1.07. The second kappa shape index (κ2) is 6.81. The first-order valence-electron chi connectivity index (χ1n) is 6.66. The van der Waals surface area contributed by atoms with Crippen LogP contribution in [0.2, 0.25) is 0 Å². The van der Waals surface area contributed by atoms with Crippen LogP contribution in [0.15, 0.2) is 24.3 Å². The standard InChI is InChI=1S/C14H16O10/c15-9(16)5-7(11(19)20)13(23)1-2-14(24,4-3-13)8(12(21)22)6-10(17)18/h1-4,7-8,23-24H,5-6H2,(H,15,16)(H,17,18)(H,19,20)(H,21,22). The average molecular weight is 344 g/mol. The summed E-state index contributed by atoms with van der Waals surface area (Å²) in [7, 11) is 0. The maximum Gasteiger partial charge on any atom is 0.310 e. The van der Waals surface area contributed by atoms with Gasteiger partial charge in [-0.3, -0.25) is 19.2 Å². The van der Waals surface area contributed by atoms with Crippen molar-refractivity contribution in [2.45, 2.75) is 24.0 Å². The van der Waals surface area contributed by atoms with Crippen molar-refractivity contribution in [2.24, 2.45) is 11.8 Å². The maximum absolute atomic E-state index is 11.2. The van der Waals surface area contributed by atoms with Crippen LogP contribution in [-0.4, -0.2) is 65.7 Å². The van der Waals surface area contributed by atoms with Crippen LogP contribution >= 0.6 is 0 Å². The quantitative estimate of drug-likeness (QED) is 0.295. The summed E-state index contributed by atoms with van der Waals surface area (Å²) >= 11 is 0. The third-order valence-electron chi connectivity index (χ3n) is 3.70. The van der Waals surface area contributed by atoms with Crippen LogP contribution in [0.5, 0.6) is 0 Å². The van der Waals surface area contributed by atoms with Crippen molar-refractivity contribution < 1.29 is 49.8 Å². The van der Waals surface area contributed by atoms with Gasteiger partial charge in [-0.25, -0.2) is 0 Å². The number of carboxylic acid groups (broad SMARTS) is 4. The summed E-state index contributed by atoms with van der Waals surface area (Å²) in [4.78, 5) is 43.8. The van der Waals surface area contributed by atoms with Crippen molar-refractivity contribution in [3.8, 4) is 0 Å². The van der Waals surface area contributed by atoms with E-state index >= 15 is 0 Å². The summed E-state index contributed by atoms with van der Waals surface area (Å²) in [6.07, 6.45) is 1.19. The number of rotatable bonds is 8. The van der Waals surface area contributed by atoms with Gasteiger partial charge in [-0.2, -0.15) is 0 Å². The van der Waals surface area contributed by atoms with E-state index in [0.29, 0.717) is 0 Å². The Morgan fingerprint density at radius 2 is 0.917 bits per heavy atom. The molecule has 0 amide bonds. The number of carboxylic acids is 4. The lowest BCUT2D eigenvalue weighted by atomic mass is 9.74. The van der Waals surface area contributed by atoms with Gasteiger partial charge in [0.1, 0.15) is 23.0 Å². The lowest BCUT2D eigenvalue weighted by Gasteiger charge is -2.35. The summed E-state index contributed by atoms with van der Waals surface area (Å²) in [5, 5.41) is 56.2. The summed E-state index contributed by atoms with van der Waals surface area (Å²) in [5.41, 5.74) is -4.55. The highest BCUT2D eigenvalue weighted by Gasteiger charge is 2.46. The second-order valence-corrected chi connectivity index (χ2v) is 5.42. The summed E-state index contributed by atoms with van der Waals surface area (Å²) < 4.78 is 0. The molecule has 2 atom stereocenters. The smallest absolute Gasteiger partial charge is 0.310 e. The SMILES string of the molecule is O=C(O)CC(C(=O)O)C1(O)C=CC(O)(C(CC(=O)O)C(=O)O)C=C1. The minimum atomic E-state index is -2.28. The van der Waals surface area contributed by atoms with Gasteiger partial charge in [0, 0.05) is 0 Å². The Hall–Kier alpha value is -2.72. The van der Waals surface area contributed by atoms with Crippen molar-refractivity contribution in [3.63, 3.8) is 0 Å². The van der Waals surface area contributed by atoms with Crippen LogP contribution in [0.25, 0.3) is 0 Å². The van der Waals surface area contributed by atoms with E-state index in [1.54, 1.807) is 0 Å². The molecule has 24 heavy (non-hydrogen) atoms. The molecule has 0 aromatic carbocycles. The Labute approximate surface area is 135 Å². The lowest BCUT2D eigenvalue weighted by molar-refractivity contribution is -0.155. The van der Waals surface area contributed by atoms with Crippen molar-refractivity contribution in [2.75, 3.05) is 0 Å². The van der Waals surface area contributed by atoms with E-state index in [0.717, 1.165) is 24.3 Å². The van der Waals surface area contributed by atoms with Gasteiger partial charge in [0.15, 0.2) is 0 Å². The van der Waals surface area contributed by atoms with Gasteiger partial charge in [0.05, 0.1) is 12.8 Å². The Bertz CT molecular complexity index is 551. The number of aliphatic hydroxyl groups is 2. The third kappa shape index (κ3) is 4.18. The van der Waals surface area contributed by atoms with E-state index in [-0.39, 0.29) is 0 Å². The first-order chi connectivity index (χ1) is 10.9. The molecule has 0 bridgehead atoms. The molecule has 10 nitrogen and oxygen atoms in total. The van der Waals surface area contributed by atoms with E-state index < -0.39 is 59.8 Å². The number of aliphatic carboxylic acids is 4. The highest BCUT2D eigenvalue weighted by molar-refractivity contribution is 5.81. The minimum absolute atomic E-state index is 0.756. The molecular formula is C14H16O10. The topological polar surface area (TPSA) is 190 Å². The van der Waals surface area contributed by atoms with Gasteiger partial charge in [0.25, 0.3) is 0 Å². The van der Waals surface area contributed by atoms with Crippen molar-refractivity contribution in [1.29, 1.82) is 0 Å². The molecule has 2 unspecified atom stereocenters. The molecule has 0 aromatic rings. The van der Waals surface area contributed by atoms with Crippen molar-refractivity contribution in [1.82, 2.24) is 0 Å². The van der Waals surface area contributed by atoms with Crippen LogP contribution in [0.1, 0.15) is 12.8 Å². The molecule has 10 heteroatoms. The summed E-state index contributed by atoms with van der Waals surface area (Å²) in [6, 6.07) is 0. The Kier molecular flexibility index (Phi) is 5.48. The Morgan fingerprint density at radius 1 is 0.667 bits per heavy atom. The fourth-order valence-electron chi connectivity index (χ4n) is 2.36. The zero-order valence-electron chi connectivity index (χ0n) is 12.2. The fraction of sp³-hybridized carbons (Fsp3) is 0.429. The van der Waals surface area contributed by atoms with Gasteiger partial charge in [0.2, 0.25) is 0 Å². The first kappa shape index (κ1) is 19.3. The number of hydrogen-bond donors (Lipinski definition) is 6. The molecule has 0 heterocycles. The zero-order chi connectivity index (χ0) is 18.7. The lowest BCUT2D eigenvalue weighted by Crippen LogP contribution is -2.47. The van der Waals surface area contributed by atoms with Gasteiger partial charge in [-0.05, 0) is 24.3 Å². The second-order valence-electron chi connectivity index (χ2n) is 5.42. The molecule has 0 saturated carbocycles. The Balaban J connectivity index is 3.16. The molecule has 132 valence electrons. The summed E-state index contributed by atoms with van der Waals surface area (Å²) in [6.45, 7) is 0. The molecule has 6 N–H and O–H groups in total. The van der Waals surface area contributed by atoms with Gasteiger partial charge in [-0.1, -0.05) is 0 Å². The average Bonchev–Trinajstić information content (AvgIpc) is 2.45. The Morgan fingerprint density at radius 3 is 1.08 bits per heavy atom. The maximum atomic E-state index is 11.2. The molecule has 0 aliphatic heterocycles. The summed E-state index contributed by atoms with van der Waals surface area (Å²) in [5.74, 6) is -9.75. The fourth-order valence-corrected chi connectivity index (χ4v) is 2.36. The van der Waals surface area contributed by atoms with Crippen LogP contribution < -0.4 is 0 Å². The minimum Gasteiger partial charge on any atom is -0.481 e. The van der Waals surface area contributed by atoms with E-state index in [4.69, 9.17) is 20.4 Å². The van der Waals surface area contributed by atoms with Crippen LogP contribution in [0.4, 0.5) is 0 Å². The van der Waals surface area contributed by atoms with E-state index in [1.807, 2.05) is 0 Å². The monoisotopic (exact) mass is 344 g/mol. The van der Waals surface area contributed by atoms with Crippen LogP contribution in [0, 0.1) is 11.8 Å². The highest BCUT2D eigenvalue weighted by atomic mass is 16.4. The van der Waals surface area contributed by atoms with Crippen LogP contribution in [-0.2, 0) is 19.2 Å². The van der Waals surface area contributed by atoms with E-state index in [9.17, 15) is 29.4 Å². The van der Waals surface area contributed by atoms with Gasteiger partial charge in [-0.15, -0.1) is 0 Å². The number of carbonyl (C=O) groups is 4. The molecule has 0 radical (unpaired) electrons. The predicted molar refractivity (Wildman–Crippen MR) is 74.9 cm³/mol. The molecular weight excluding hydrogens is 328 g/mol. The normalized spacial score (nSPS) is 28.1. The molecule has 1 aliphatic rings. The van der Waals surface area contributed by atoms with E-state index in [2.05, 4.69) is 0 Å². The zero-order valence-corrected chi connectivity index (χ0v) is 12.2. The van der Waals surface area contributed by atoms with Gasteiger partial charge < -0.3 is 30.6 Å². The van der Waals surface area contributed by atoms with E-state index in [1.165, 1.54) is 0 Å². The first-order valence-corrected chi connectivity index (χ1v) is 6.66. The van der Waals surface area contributed by atoms with Crippen molar-refractivity contribution in [3.05, 3.63) is 24.3 Å². The number of hydrogen-bond acceptors (Lipinski definition) is 6. The largest absolute Gasteiger partial charge is 0.481 e. The molecule has 1 aliphatic carbocycles. The molecule has 0 spiro atoms. The molecule has 0 aromatic heterocycles. The van der Waals surface area contributed by atoms with Crippen LogP contribution in [0.3, 0.4) is 0 Å². The highest BCUT2D eigenvalue weighted by Crippen LogP contribution is 2.35. The molecule has 0 fully saturated rings.